The molecule has 27 heavy (non-hydrogen) atoms. The number of methoxy groups -OCH3 is 1. The summed E-state index contributed by atoms with van der Waals surface area (Å²) in [6.45, 7) is 2.07. The summed E-state index contributed by atoms with van der Waals surface area (Å²) < 4.78 is 18.9. The highest BCUT2D eigenvalue weighted by molar-refractivity contribution is 5.45. The van der Waals surface area contributed by atoms with Gasteiger partial charge in [0, 0.05) is 18.0 Å². The molecule has 0 radical (unpaired) electrons. The third-order valence-electron chi connectivity index (χ3n) is 7.46. The van der Waals surface area contributed by atoms with Gasteiger partial charge in [-0.15, -0.1) is 0 Å². The maximum atomic E-state index is 13.3. The van der Waals surface area contributed by atoms with Gasteiger partial charge in [-0.25, -0.2) is 4.39 Å². The van der Waals surface area contributed by atoms with Gasteiger partial charge in [0.15, 0.2) is 0 Å². The van der Waals surface area contributed by atoms with Gasteiger partial charge in [-0.1, -0.05) is 31.0 Å². The number of hydrogen-bond donors (Lipinski definition) is 0. The van der Waals surface area contributed by atoms with Crippen LogP contribution in [0.4, 0.5) is 4.39 Å². The van der Waals surface area contributed by atoms with Crippen LogP contribution in [0.2, 0.25) is 0 Å². The quantitative estimate of drug-likeness (QED) is 0.751. The van der Waals surface area contributed by atoms with Crippen LogP contribution < -0.4 is 4.74 Å². The number of nitrogens with zero attached hydrogens (tertiary/aromatic N) is 1. The number of benzene rings is 2. The number of rotatable bonds is 3. The molecule has 2 fully saturated rings. The van der Waals surface area contributed by atoms with Crippen molar-refractivity contribution in [3.8, 4) is 5.75 Å². The first-order chi connectivity index (χ1) is 13.2. The van der Waals surface area contributed by atoms with Crippen molar-refractivity contribution in [2.24, 2.45) is 5.92 Å². The summed E-state index contributed by atoms with van der Waals surface area (Å²) >= 11 is 0. The predicted octanol–water partition coefficient (Wildman–Crippen LogP) is 5.09. The summed E-state index contributed by atoms with van der Waals surface area (Å²) in [6.07, 6.45) is 7.72. The van der Waals surface area contributed by atoms with Crippen LogP contribution in [-0.4, -0.2) is 24.6 Å². The van der Waals surface area contributed by atoms with Crippen molar-refractivity contribution in [3.63, 3.8) is 0 Å². The van der Waals surface area contributed by atoms with Crippen molar-refractivity contribution in [2.45, 2.75) is 56.5 Å². The Balaban J connectivity index is 1.51. The smallest absolute Gasteiger partial charge is 0.123 e. The normalized spacial score (nSPS) is 29.7. The van der Waals surface area contributed by atoms with Crippen molar-refractivity contribution in [2.75, 3.05) is 13.7 Å². The lowest BCUT2D eigenvalue weighted by molar-refractivity contribution is -0.0157. The van der Waals surface area contributed by atoms with Crippen LogP contribution in [0, 0.1) is 11.7 Å². The van der Waals surface area contributed by atoms with Gasteiger partial charge in [0.2, 0.25) is 0 Å². The van der Waals surface area contributed by atoms with Crippen LogP contribution in [-0.2, 0) is 18.4 Å². The highest BCUT2D eigenvalue weighted by atomic mass is 19.1. The average Bonchev–Trinajstić information content (AvgIpc) is 2.71. The Morgan fingerprint density at radius 2 is 1.96 bits per heavy atom. The van der Waals surface area contributed by atoms with Crippen molar-refractivity contribution in [1.29, 1.82) is 0 Å². The van der Waals surface area contributed by atoms with Crippen molar-refractivity contribution >= 4 is 0 Å². The molecule has 142 valence electrons. The van der Waals surface area contributed by atoms with Gasteiger partial charge >= 0.3 is 0 Å². The second kappa shape index (κ2) is 6.63. The Morgan fingerprint density at radius 1 is 1.11 bits per heavy atom. The number of piperidine rings is 1. The van der Waals surface area contributed by atoms with Crippen LogP contribution in [0.3, 0.4) is 0 Å². The fourth-order valence-corrected chi connectivity index (χ4v) is 6.21. The highest BCUT2D eigenvalue weighted by Gasteiger charge is 2.53. The van der Waals surface area contributed by atoms with Gasteiger partial charge in [-0.05, 0) is 79.1 Å². The van der Waals surface area contributed by atoms with Gasteiger partial charge in [-0.3, -0.25) is 4.90 Å². The number of ether oxygens (including phenoxy) is 1. The third kappa shape index (κ3) is 2.79. The molecule has 1 heterocycles. The molecule has 2 aromatic carbocycles. The second-order valence-electron chi connectivity index (χ2n) is 8.65. The Hall–Kier alpha value is -1.87. The number of hydrogen-bond acceptors (Lipinski definition) is 2. The molecule has 2 aliphatic carbocycles. The van der Waals surface area contributed by atoms with E-state index < -0.39 is 0 Å². The SMILES string of the molecule is COc1ccc2c(c1)[C@@]13CCCC[C@H]1[C@H](C2)N(Cc1ccc(F)cc1)CC3. The molecule has 1 aliphatic heterocycles. The molecule has 0 aromatic heterocycles. The zero-order valence-corrected chi connectivity index (χ0v) is 16.1. The Morgan fingerprint density at radius 3 is 2.78 bits per heavy atom. The van der Waals surface area contributed by atoms with Gasteiger partial charge in [-0.2, -0.15) is 0 Å². The van der Waals surface area contributed by atoms with Gasteiger partial charge in [0.1, 0.15) is 11.6 Å². The van der Waals surface area contributed by atoms with E-state index in [1.165, 1.54) is 43.2 Å². The fraction of sp³-hybridized carbons (Fsp3) is 0.500. The molecule has 2 nitrogen and oxygen atoms in total. The molecule has 5 rings (SSSR count). The van der Waals surface area contributed by atoms with Crippen LogP contribution in [0.1, 0.15) is 48.8 Å². The van der Waals surface area contributed by atoms with E-state index in [2.05, 4.69) is 23.1 Å². The fourth-order valence-electron chi connectivity index (χ4n) is 6.21. The minimum absolute atomic E-state index is 0.149. The van der Waals surface area contributed by atoms with E-state index in [0.29, 0.717) is 11.5 Å². The zero-order chi connectivity index (χ0) is 18.4. The molecule has 3 heteroatoms. The molecule has 0 spiro atoms. The van der Waals surface area contributed by atoms with Crippen LogP contribution >= 0.6 is 0 Å². The maximum Gasteiger partial charge on any atom is 0.123 e. The molecule has 0 N–H and O–H groups in total. The Labute approximate surface area is 161 Å². The summed E-state index contributed by atoms with van der Waals surface area (Å²) in [5.41, 5.74) is 4.65. The lowest BCUT2D eigenvalue weighted by atomic mass is 9.52. The molecular formula is C24H28FNO. The van der Waals surface area contributed by atoms with E-state index in [1.54, 1.807) is 24.8 Å². The van der Waals surface area contributed by atoms with E-state index in [4.69, 9.17) is 4.74 Å². The minimum Gasteiger partial charge on any atom is -0.497 e. The topological polar surface area (TPSA) is 12.5 Å². The number of fused-ring (bicyclic) bond motifs is 1. The summed E-state index contributed by atoms with van der Waals surface area (Å²) in [4.78, 5) is 2.68. The van der Waals surface area contributed by atoms with Gasteiger partial charge in [0.25, 0.3) is 0 Å². The number of likely N-dealkylation sites (tertiary alicyclic amines) is 1. The third-order valence-corrected chi connectivity index (χ3v) is 7.46. The first-order valence-electron chi connectivity index (χ1n) is 10.4. The summed E-state index contributed by atoms with van der Waals surface area (Å²) in [6, 6.07) is 14.4. The Kier molecular flexibility index (Phi) is 4.23. The number of halogens is 1. The van der Waals surface area contributed by atoms with E-state index in [-0.39, 0.29) is 5.82 Å². The molecule has 2 bridgehead atoms. The van der Waals surface area contributed by atoms with Crippen LogP contribution in [0.15, 0.2) is 42.5 Å². The van der Waals surface area contributed by atoms with Crippen molar-refractivity contribution in [1.82, 2.24) is 4.90 Å². The van der Waals surface area contributed by atoms with E-state index in [0.717, 1.165) is 31.2 Å². The molecule has 3 aliphatic rings. The maximum absolute atomic E-state index is 13.3. The Bertz CT molecular complexity index is 833. The standard InChI is InChI=1S/C24H28FNO/c1-27-20-10-7-18-14-23-21-4-2-3-11-24(21,22(18)15-20)12-13-26(23)16-17-5-8-19(25)9-6-17/h5-10,15,21,23H,2-4,11-14,16H2,1H3/t21-,23-,24+/m0/s1. The van der Waals surface area contributed by atoms with Crippen molar-refractivity contribution < 1.29 is 9.13 Å². The minimum atomic E-state index is -0.149. The molecule has 1 saturated carbocycles. The molecule has 2 aromatic rings. The largest absolute Gasteiger partial charge is 0.497 e. The summed E-state index contributed by atoms with van der Waals surface area (Å²) in [5.74, 6) is 1.59. The van der Waals surface area contributed by atoms with E-state index in [9.17, 15) is 4.39 Å². The van der Waals surface area contributed by atoms with Crippen LogP contribution in [0.5, 0.6) is 5.75 Å². The summed E-state index contributed by atoms with van der Waals surface area (Å²) in [5, 5.41) is 0. The summed E-state index contributed by atoms with van der Waals surface area (Å²) in [7, 11) is 1.77. The molecule has 1 saturated heterocycles. The van der Waals surface area contributed by atoms with Gasteiger partial charge < -0.3 is 4.74 Å². The highest BCUT2D eigenvalue weighted by Crippen LogP contribution is 2.56. The predicted molar refractivity (Wildman–Crippen MR) is 106 cm³/mol. The first kappa shape index (κ1) is 17.2. The molecule has 3 atom stereocenters. The molecular weight excluding hydrogens is 337 g/mol. The lowest BCUT2D eigenvalue weighted by Crippen LogP contribution is -2.60. The average molecular weight is 365 g/mol. The molecule has 0 amide bonds. The monoisotopic (exact) mass is 365 g/mol. The van der Waals surface area contributed by atoms with E-state index >= 15 is 0 Å². The lowest BCUT2D eigenvalue weighted by Gasteiger charge is -2.59. The van der Waals surface area contributed by atoms with Gasteiger partial charge in [0.05, 0.1) is 7.11 Å². The van der Waals surface area contributed by atoms with E-state index in [1.807, 2.05) is 12.1 Å². The van der Waals surface area contributed by atoms with Crippen LogP contribution in [0.25, 0.3) is 0 Å². The first-order valence-corrected chi connectivity index (χ1v) is 10.4. The van der Waals surface area contributed by atoms with Crippen molar-refractivity contribution in [3.05, 3.63) is 65.0 Å². The zero-order valence-electron chi connectivity index (χ0n) is 16.1. The second-order valence-corrected chi connectivity index (χ2v) is 8.65. The molecule has 0 unspecified atom stereocenters.